The lowest BCUT2D eigenvalue weighted by Gasteiger charge is -2.19. The highest BCUT2D eigenvalue weighted by Crippen LogP contribution is 2.37. The normalized spacial score (nSPS) is 19.2. The van der Waals surface area contributed by atoms with E-state index in [-0.39, 0.29) is 11.9 Å². The predicted molar refractivity (Wildman–Crippen MR) is 82.4 cm³/mol. The molecule has 4 nitrogen and oxygen atoms in total. The lowest BCUT2D eigenvalue weighted by Crippen LogP contribution is -2.20. The molecule has 1 aliphatic carbocycles. The Hall–Kier alpha value is -1.10. The number of hydrogen-bond acceptors (Lipinski definition) is 5. The van der Waals surface area contributed by atoms with Gasteiger partial charge in [0.1, 0.15) is 5.92 Å². The molecule has 1 aromatic heterocycles. The van der Waals surface area contributed by atoms with Gasteiger partial charge in [-0.25, -0.2) is 4.98 Å². The van der Waals surface area contributed by atoms with Crippen LogP contribution < -0.4 is 5.32 Å². The summed E-state index contributed by atoms with van der Waals surface area (Å²) in [6, 6.07) is 0. The maximum absolute atomic E-state index is 12.0. The summed E-state index contributed by atoms with van der Waals surface area (Å²) in [4.78, 5) is 17.9. The number of ether oxygens (including phenoxy) is 1. The number of esters is 1. The van der Waals surface area contributed by atoms with Crippen molar-refractivity contribution in [1.82, 2.24) is 4.98 Å². The molecule has 5 heteroatoms. The molecule has 1 heterocycles. The Balaban J connectivity index is 2.08. The Bertz CT molecular complexity index is 459. The van der Waals surface area contributed by atoms with E-state index >= 15 is 0 Å². The fourth-order valence-electron chi connectivity index (χ4n) is 2.37. The highest BCUT2D eigenvalue weighted by atomic mass is 32.1. The molecule has 0 saturated heterocycles. The van der Waals surface area contributed by atoms with Gasteiger partial charge in [-0.05, 0) is 32.1 Å². The summed E-state index contributed by atoms with van der Waals surface area (Å²) in [6.45, 7) is 7.64. The number of carbonyl (C=O) groups is 1. The van der Waals surface area contributed by atoms with Crippen LogP contribution in [0.15, 0.2) is 0 Å². The number of anilines is 1. The number of fused-ring (bicyclic) bond motifs is 1. The summed E-state index contributed by atoms with van der Waals surface area (Å²) in [7, 11) is 0. The summed E-state index contributed by atoms with van der Waals surface area (Å²) in [5.74, 6) is 0.359. The molecule has 1 N–H and O–H groups in total. The number of nitrogens with one attached hydrogen (secondary N) is 1. The Labute approximate surface area is 124 Å². The van der Waals surface area contributed by atoms with Gasteiger partial charge in [0.05, 0.1) is 12.3 Å². The molecule has 0 aromatic carbocycles. The molecule has 0 aliphatic heterocycles. The van der Waals surface area contributed by atoms with Crippen molar-refractivity contribution in [3.63, 3.8) is 0 Å². The zero-order valence-electron chi connectivity index (χ0n) is 12.6. The smallest absolute Gasteiger partial charge is 0.315 e. The van der Waals surface area contributed by atoms with Crippen molar-refractivity contribution in [1.29, 1.82) is 0 Å². The van der Waals surface area contributed by atoms with Crippen molar-refractivity contribution in [2.75, 3.05) is 18.5 Å². The van der Waals surface area contributed by atoms with Crippen molar-refractivity contribution in [3.8, 4) is 0 Å². The minimum atomic E-state index is -0.158. The fourth-order valence-corrected chi connectivity index (χ4v) is 3.44. The molecule has 0 amide bonds. The molecule has 112 valence electrons. The number of rotatable bonds is 6. The SMILES string of the molecule is CCOC(=O)C1CCCc2sc(NCC(C)CC)nc21. The molecule has 2 atom stereocenters. The lowest BCUT2D eigenvalue weighted by molar-refractivity contribution is -0.145. The van der Waals surface area contributed by atoms with Crippen LogP contribution in [-0.4, -0.2) is 24.1 Å². The first-order valence-electron chi connectivity index (χ1n) is 7.55. The topological polar surface area (TPSA) is 51.2 Å². The van der Waals surface area contributed by atoms with Gasteiger partial charge in [0.15, 0.2) is 5.13 Å². The van der Waals surface area contributed by atoms with Crippen LogP contribution in [0, 0.1) is 5.92 Å². The van der Waals surface area contributed by atoms with Gasteiger partial charge in [-0.2, -0.15) is 0 Å². The van der Waals surface area contributed by atoms with Crippen LogP contribution in [0.4, 0.5) is 5.13 Å². The summed E-state index contributed by atoms with van der Waals surface area (Å²) in [6.07, 6.45) is 4.10. The average molecular weight is 296 g/mol. The molecule has 0 fully saturated rings. The molecule has 0 spiro atoms. The van der Waals surface area contributed by atoms with Gasteiger partial charge in [-0.3, -0.25) is 4.79 Å². The molecule has 2 unspecified atom stereocenters. The zero-order valence-corrected chi connectivity index (χ0v) is 13.4. The van der Waals surface area contributed by atoms with E-state index in [1.54, 1.807) is 11.3 Å². The van der Waals surface area contributed by atoms with Crippen LogP contribution in [0.5, 0.6) is 0 Å². The van der Waals surface area contributed by atoms with Gasteiger partial charge in [0.25, 0.3) is 0 Å². The number of aryl methyl sites for hydroxylation is 1. The number of carbonyl (C=O) groups excluding carboxylic acids is 1. The highest BCUT2D eigenvalue weighted by molar-refractivity contribution is 7.15. The molecule has 1 aliphatic rings. The minimum Gasteiger partial charge on any atom is -0.465 e. The van der Waals surface area contributed by atoms with Gasteiger partial charge in [0.2, 0.25) is 0 Å². The van der Waals surface area contributed by atoms with Crippen LogP contribution in [-0.2, 0) is 16.0 Å². The van der Waals surface area contributed by atoms with E-state index in [1.807, 2.05) is 6.92 Å². The number of hydrogen-bond donors (Lipinski definition) is 1. The second-order valence-corrected chi connectivity index (χ2v) is 6.50. The number of aromatic nitrogens is 1. The van der Waals surface area contributed by atoms with Gasteiger partial charge in [-0.15, -0.1) is 11.3 Å². The third-order valence-electron chi connectivity index (χ3n) is 3.82. The molecule has 2 rings (SSSR count). The first kappa shape index (κ1) is 15.3. The molecule has 1 aromatic rings. The minimum absolute atomic E-state index is 0.118. The van der Waals surface area contributed by atoms with Crippen LogP contribution in [0.3, 0.4) is 0 Å². The maximum Gasteiger partial charge on any atom is 0.315 e. The second-order valence-electron chi connectivity index (χ2n) is 5.42. The Morgan fingerprint density at radius 3 is 3.05 bits per heavy atom. The first-order chi connectivity index (χ1) is 9.65. The average Bonchev–Trinajstić information content (AvgIpc) is 2.87. The monoisotopic (exact) mass is 296 g/mol. The number of thiazole rings is 1. The maximum atomic E-state index is 12.0. The van der Waals surface area contributed by atoms with E-state index in [0.29, 0.717) is 12.5 Å². The number of nitrogens with zero attached hydrogens (tertiary/aromatic N) is 1. The summed E-state index contributed by atoms with van der Waals surface area (Å²) in [5.41, 5.74) is 0.950. The van der Waals surface area contributed by atoms with Gasteiger partial charge >= 0.3 is 5.97 Å². The predicted octanol–water partition coefficient (Wildman–Crippen LogP) is 3.58. The van der Waals surface area contributed by atoms with E-state index in [2.05, 4.69) is 24.1 Å². The molecule has 20 heavy (non-hydrogen) atoms. The summed E-state index contributed by atoms with van der Waals surface area (Å²) < 4.78 is 5.17. The standard InChI is InChI=1S/C15H24N2O2S/c1-4-10(3)9-16-15-17-13-11(14(18)19-5-2)7-6-8-12(13)20-15/h10-11H,4-9H2,1-3H3,(H,16,17). The van der Waals surface area contributed by atoms with Gasteiger partial charge in [-0.1, -0.05) is 20.3 Å². The Morgan fingerprint density at radius 1 is 1.55 bits per heavy atom. The lowest BCUT2D eigenvalue weighted by atomic mass is 9.91. The molecular weight excluding hydrogens is 272 g/mol. The second kappa shape index (κ2) is 7.07. The molecule has 0 bridgehead atoms. The quantitative estimate of drug-likeness (QED) is 0.815. The zero-order chi connectivity index (χ0) is 14.5. The van der Waals surface area contributed by atoms with Crippen molar-refractivity contribution in [2.24, 2.45) is 5.92 Å². The van der Waals surface area contributed by atoms with E-state index in [1.165, 1.54) is 4.88 Å². The van der Waals surface area contributed by atoms with Crippen LogP contribution in [0.1, 0.15) is 56.5 Å². The third kappa shape index (κ3) is 3.51. The van der Waals surface area contributed by atoms with E-state index in [0.717, 1.165) is 43.1 Å². The molecule has 0 saturated carbocycles. The van der Waals surface area contributed by atoms with E-state index in [9.17, 15) is 4.79 Å². The van der Waals surface area contributed by atoms with Crippen LogP contribution in [0.2, 0.25) is 0 Å². The van der Waals surface area contributed by atoms with Crippen molar-refractivity contribution >= 4 is 22.4 Å². The molecular formula is C15H24N2O2S. The van der Waals surface area contributed by atoms with E-state index < -0.39 is 0 Å². The van der Waals surface area contributed by atoms with E-state index in [4.69, 9.17) is 4.74 Å². The van der Waals surface area contributed by atoms with Gasteiger partial charge < -0.3 is 10.1 Å². The van der Waals surface area contributed by atoms with Crippen molar-refractivity contribution < 1.29 is 9.53 Å². The van der Waals surface area contributed by atoms with Crippen molar-refractivity contribution in [3.05, 3.63) is 10.6 Å². The van der Waals surface area contributed by atoms with Gasteiger partial charge in [0, 0.05) is 11.4 Å². The Morgan fingerprint density at radius 2 is 2.35 bits per heavy atom. The summed E-state index contributed by atoms with van der Waals surface area (Å²) >= 11 is 1.70. The summed E-state index contributed by atoms with van der Waals surface area (Å²) in [5, 5.41) is 4.35. The van der Waals surface area contributed by atoms with Crippen molar-refractivity contribution in [2.45, 2.75) is 52.4 Å². The van der Waals surface area contributed by atoms with Crippen LogP contribution >= 0.6 is 11.3 Å². The fraction of sp³-hybridized carbons (Fsp3) is 0.733. The molecule has 0 radical (unpaired) electrons. The first-order valence-corrected chi connectivity index (χ1v) is 8.37. The third-order valence-corrected chi connectivity index (χ3v) is 4.91. The largest absolute Gasteiger partial charge is 0.465 e. The van der Waals surface area contributed by atoms with Crippen LogP contribution in [0.25, 0.3) is 0 Å². The Kier molecular flexibility index (Phi) is 5.40. The highest BCUT2D eigenvalue weighted by Gasteiger charge is 2.31.